The monoisotopic (exact) mass is 385 g/mol. The number of alkyl carbamates (subject to hydrolysis) is 1. The molecule has 148 valence electrons. The van der Waals surface area contributed by atoms with Gasteiger partial charge < -0.3 is 19.5 Å². The van der Waals surface area contributed by atoms with Gasteiger partial charge in [0.15, 0.2) is 0 Å². The van der Waals surface area contributed by atoms with Crippen LogP contribution in [-0.4, -0.2) is 37.6 Å². The molecule has 0 heterocycles. The van der Waals surface area contributed by atoms with Crippen molar-refractivity contribution in [3.63, 3.8) is 0 Å². The van der Waals surface area contributed by atoms with Crippen LogP contribution in [0.1, 0.15) is 29.3 Å². The van der Waals surface area contributed by atoms with Crippen LogP contribution in [0.2, 0.25) is 0 Å². The molecule has 0 aromatic heterocycles. The number of amides is 1. The second kappa shape index (κ2) is 11.4. The predicted molar refractivity (Wildman–Crippen MR) is 102 cm³/mol. The Morgan fingerprint density at radius 1 is 1.04 bits per heavy atom. The van der Waals surface area contributed by atoms with E-state index in [1.807, 2.05) is 30.3 Å². The zero-order valence-electron chi connectivity index (χ0n) is 15.6. The van der Waals surface area contributed by atoms with Gasteiger partial charge in [-0.15, -0.1) is 0 Å². The van der Waals surface area contributed by atoms with Gasteiger partial charge in [-0.25, -0.2) is 9.59 Å². The SMILES string of the molecule is CCOC(=O)[C@H](CCOc1ccc(C=O)cc1)NC(=O)OCc1ccccc1. The van der Waals surface area contributed by atoms with Crippen LogP contribution in [0, 0.1) is 0 Å². The molecular weight excluding hydrogens is 362 g/mol. The van der Waals surface area contributed by atoms with E-state index in [0.29, 0.717) is 11.3 Å². The first-order valence-electron chi connectivity index (χ1n) is 8.94. The summed E-state index contributed by atoms with van der Waals surface area (Å²) in [4.78, 5) is 34.8. The fraction of sp³-hybridized carbons (Fsp3) is 0.286. The summed E-state index contributed by atoms with van der Waals surface area (Å²) in [5, 5.41) is 2.51. The van der Waals surface area contributed by atoms with Crippen LogP contribution in [0.25, 0.3) is 0 Å². The molecule has 0 unspecified atom stereocenters. The van der Waals surface area contributed by atoms with Gasteiger partial charge in [-0.1, -0.05) is 30.3 Å². The normalized spacial score (nSPS) is 11.2. The number of carbonyl (C=O) groups is 3. The summed E-state index contributed by atoms with van der Waals surface area (Å²) in [5.41, 5.74) is 1.38. The summed E-state index contributed by atoms with van der Waals surface area (Å²) in [6, 6.07) is 14.9. The molecule has 2 rings (SSSR count). The molecule has 0 aliphatic carbocycles. The molecule has 7 nitrogen and oxygen atoms in total. The first kappa shape index (κ1) is 21.0. The lowest BCUT2D eigenvalue weighted by atomic mass is 10.2. The zero-order chi connectivity index (χ0) is 20.2. The molecule has 1 N–H and O–H groups in total. The maximum Gasteiger partial charge on any atom is 0.408 e. The van der Waals surface area contributed by atoms with Crippen molar-refractivity contribution in [2.45, 2.75) is 26.0 Å². The van der Waals surface area contributed by atoms with Crippen molar-refractivity contribution in [2.75, 3.05) is 13.2 Å². The highest BCUT2D eigenvalue weighted by atomic mass is 16.6. The number of aldehydes is 1. The molecular formula is C21H23NO6. The lowest BCUT2D eigenvalue weighted by Crippen LogP contribution is -2.43. The molecule has 0 spiro atoms. The van der Waals surface area contributed by atoms with E-state index < -0.39 is 18.1 Å². The third-order valence-electron chi connectivity index (χ3n) is 3.77. The van der Waals surface area contributed by atoms with E-state index in [1.165, 1.54) is 0 Å². The first-order valence-corrected chi connectivity index (χ1v) is 8.94. The minimum Gasteiger partial charge on any atom is -0.494 e. The molecule has 1 atom stereocenters. The van der Waals surface area contributed by atoms with Crippen molar-refractivity contribution in [1.82, 2.24) is 5.32 Å². The fourth-order valence-corrected chi connectivity index (χ4v) is 2.34. The highest BCUT2D eigenvalue weighted by Gasteiger charge is 2.23. The Morgan fingerprint density at radius 2 is 1.75 bits per heavy atom. The number of rotatable bonds is 10. The van der Waals surface area contributed by atoms with Gasteiger partial charge in [0.05, 0.1) is 13.2 Å². The van der Waals surface area contributed by atoms with Crippen LogP contribution in [-0.2, 0) is 20.9 Å². The Bertz CT molecular complexity index is 760. The molecule has 0 bridgehead atoms. The molecule has 1 amide bonds. The summed E-state index contributed by atoms with van der Waals surface area (Å²) >= 11 is 0. The minimum absolute atomic E-state index is 0.0990. The molecule has 0 radical (unpaired) electrons. The fourth-order valence-electron chi connectivity index (χ4n) is 2.34. The van der Waals surface area contributed by atoms with Gasteiger partial charge in [-0.3, -0.25) is 4.79 Å². The zero-order valence-corrected chi connectivity index (χ0v) is 15.6. The van der Waals surface area contributed by atoms with Crippen molar-refractivity contribution in [2.24, 2.45) is 0 Å². The smallest absolute Gasteiger partial charge is 0.408 e. The minimum atomic E-state index is -0.891. The molecule has 0 fully saturated rings. The number of nitrogens with one attached hydrogen (secondary N) is 1. The van der Waals surface area contributed by atoms with Gasteiger partial charge in [0, 0.05) is 12.0 Å². The summed E-state index contributed by atoms with van der Waals surface area (Å²) in [6.45, 7) is 2.16. The van der Waals surface area contributed by atoms with Gasteiger partial charge in [0.1, 0.15) is 24.7 Å². The topological polar surface area (TPSA) is 90.9 Å². The highest BCUT2D eigenvalue weighted by molar-refractivity contribution is 5.81. The first-order chi connectivity index (χ1) is 13.6. The van der Waals surface area contributed by atoms with Gasteiger partial charge >= 0.3 is 12.1 Å². The summed E-state index contributed by atoms with van der Waals surface area (Å²) < 4.78 is 15.7. The summed E-state index contributed by atoms with van der Waals surface area (Å²) in [5.74, 6) is -0.000994. The van der Waals surface area contributed by atoms with Crippen LogP contribution in [0.4, 0.5) is 4.79 Å². The number of hydrogen-bond donors (Lipinski definition) is 1. The average molecular weight is 385 g/mol. The average Bonchev–Trinajstić information content (AvgIpc) is 2.73. The van der Waals surface area contributed by atoms with Gasteiger partial charge in [-0.2, -0.15) is 0 Å². The van der Waals surface area contributed by atoms with Crippen molar-refractivity contribution < 1.29 is 28.6 Å². The van der Waals surface area contributed by atoms with Crippen molar-refractivity contribution in [1.29, 1.82) is 0 Å². The van der Waals surface area contributed by atoms with Gasteiger partial charge in [0.25, 0.3) is 0 Å². The second-order valence-corrected chi connectivity index (χ2v) is 5.83. The third-order valence-corrected chi connectivity index (χ3v) is 3.77. The Labute approximate surface area is 163 Å². The molecule has 0 aliphatic rings. The number of esters is 1. The van der Waals surface area contributed by atoms with Crippen LogP contribution in [0.5, 0.6) is 5.75 Å². The van der Waals surface area contributed by atoms with E-state index in [-0.39, 0.29) is 26.2 Å². The second-order valence-electron chi connectivity index (χ2n) is 5.83. The Kier molecular flexibility index (Phi) is 8.52. The molecule has 28 heavy (non-hydrogen) atoms. The van der Waals surface area contributed by atoms with Gasteiger partial charge in [0.2, 0.25) is 0 Å². The molecule has 2 aromatic carbocycles. The Balaban J connectivity index is 1.84. The van der Waals surface area contributed by atoms with Crippen molar-refractivity contribution in [3.8, 4) is 5.75 Å². The Morgan fingerprint density at radius 3 is 2.39 bits per heavy atom. The molecule has 0 saturated heterocycles. The quantitative estimate of drug-likeness (QED) is 0.499. The highest BCUT2D eigenvalue weighted by Crippen LogP contribution is 2.12. The maximum atomic E-state index is 12.1. The van der Waals surface area contributed by atoms with E-state index in [9.17, 15) is 14.4 Å². The largest absolute Gasteiger partial charge is 0.494 e. The van der Waals surface area contributed by atoms with Crippen LogP contribution >= 0.6 is 0 Å². The molecule has 7 heteroatoms. The maximum absolute atomic E-state index is 12.1. The lowest BCUT2D eigenvalue weighted by Gasteiger charge is -2.17. The van der Waals surface area contributed by atoms with Crippen molar-refractivity contribution in [3.05, 3.63) is 65.7 Å². The van der Waals surface area contributed by atoms with E-state index >= 15 is 0 Å². The molecule has 0 saturated carbocycles. The molecule has 2 aromatic rings. The standard InChI is InChI=1S/C21H23NO6/c1-2-26-20(24)19(12-13-27-18-10-8-16(14-23)9-11-18)22-21(25)28-15-17-6-4-3-5-7-17/h3-11,14,19H,2,12-13,15H2,1H3,(H,22,25)/t19-/m0/s1. The number of carbonyl (C=O) groups excluding carboxylic acids is 3. The van der Waals surface area contributed by atoms with Gasteiger partial charge in [-0.05, 0) is 36.8 Å². The number of ether oxygens (including phenoxy) is 3. The lowest BCUT2D eigenvalue weighted by molar-refractivity contribution is -0.145. The van der Waals surface area contributed by atoms with Crippen LogP contribution in [0.15, 0.2) is 54.6 Å². The van der Waals surface area contributed by atoms with Crippen LogP contribution < -0.4 is 10.1 Å². The number of hydrogen-bond acceptors (Lipinski definition) is 6. The van der Waals surface area contributed by atoms with Crippen LogP contribution in [0.3, 0.4) is 0 Å². The molecule has 0 aliphatic heterocycles. The third kappa shape index (κ3) is 7.11. The van der Waals surface area contributed by atoms with E-state index in [4.69, 9.17) is 14.2 Å². The van der Waals surface area contributed by atoms with E-state index in [0.717, 1.165) is 11.8 Å². The van der Waals surface area contributed by atoms with Crippen molar-refractivity contribution >= 4 is 18.3 Å². The predicted octanol–water partition coefficient (Wildman–Crippen LogP) is 3.13. The summed E-state index contributed by atoms with van der Waals surface area (Å²) in [7, 11) is 0. The summed E-state index contributed by atoms with van der Waals surface area (Å²) in [6.07, 6.45) is 0.234. The Hall–Kier alpha value is -3.35. The van der Waals surface area contributed by atoms with E-state index in [2.05, 4.69) is 5.32 Å². The van der Waals surface area contributed by atoms with E-state index in [1.54, 1.807) is 31.2 Å². The number of benzene rings is 2.